The van der Waals surface area contributed by atoms with E-state index >= 15 is 0 Å². The first-order valence-corrected chi connectivity index (χ1v) is 11.9. The Morgan fingerprint density at radius 2 is 1.65 bits per heavy atom. The van der Waals surface area contributed by atoms with Crippen LogP contribution in [-0.4, -0.2) is 20.9 Å². The van der Waals surface area contributed by atoms with Gasteiger partial charge in [0.15, 0.2) is 0 Å². The highest BCUT2D eigenvalue weighted by molar-refractivity contribution is 7.93. The summed E-state index contributed by atoms with van der Waals surface area (Å²) < 4.78 is 33.2. The molecule has 0 radical (unpaired) electrons. The minimum atomic E-state index is -3.97. The molecule has 0 N–H and O–H groups in total. The summed E-state index contributed by atoms with van der Waals surface area (Å²) in [7, 11) is -3.97. The van der Waals surface area contributed by atoms with Gasteiger partial charge in [-0.05, 0) is 48.4 Å². The minimum Gasteiger partial charge on any atom is -0.457 e. The SMILES string of the molecule is O=C(OCc1c(Cl)cccc1Cl)c1ccc(Cl)c(S(=O)(=O)N2CCc3ccccc32)c1. The molecule has 0 fully saturated rings. The van der Waals surface area contributed by atoms with Crippen molar-refractivity contribution in [3.63, 3.8) is 0 Å². The number of halogens is 3. The second-order valence-corrected chi connectivity index (χ2v) is 9.93. The summed E-state index contributed by atoms with van der Waals surface area (Å²) in [6.07, 6.45) is 0.605. The molecule has 0 unspecified atom stereocenters. The zero-order chi connectivity index (χ0) is 22.2. The zero-order valence-electron chi connectivity index (χ0n) is 16.0. The molecule has 1 aliphatic rings. The molecule has 0 aromatic heterocycles. The van der Waals surface area contributed by atoms with Crippen LogP contribution in [0.5, 0.6) is 0 Å². The molecule has 0 saturated heterocycles. The molecule has 0 atom stereocenters. The number of para-hydroxylation sites is 1. The number of nitrogens with zero attached hydrogens (tertiary/aromatic N) is 1. The van der Waals surface area contributed by atoms with Gasteiger partial charge in [-0.25, -0.2) is 13.2 Å². The van der Waals surface area contributed by atoms with E-state index in [1.807, 2.05) is 12.1 Å². The van der Waals surface area contributed by atoms with Crippen molar-refractivity contribution in [3.8, 4) is 0 Å². The largest absolute Gasteiger partial charge is 0.457 e. The highest BCUT2D eigenvalue weighted by Gasteiger charge is 2.32. The molecule has 0 spiro atoms. The van der Waals surface area contributed by atoms with Crippen molar-refractivity contribution >= 4 is 56.5 Å². The molecule has 3 aromatic rings. The standard InChI is InChI=1S/C22H16Cl3NO4S/c23-17-5-3-6-18(24)16(17)13-30-22(27)15-8-9-19(25)21(12-15)31(28,29)26-11-10-14-4-1-2-7-20(14)26/h1-9,12H,10-11,13H2. The molecule has 160 valence electrons. The van der Waals surface area contributed by atoms with Gasteiger partial charge in [-0.2, -0.15) is 0 Å². The monoisotopic (exact) mass is 495 g/mol. The Hall–Kier alpha value is -2.25. The van der Waals surface area contributed by atoms with Crippen LogP contribution in [-0.2, 0) is 27.8 Å². The topological polar surface area (TPSA) is 63.7 Å². The van der Waals surface area contributed by atoms with Gasteiger partial charge < -0.3 is 4.74 Å². The lowest BCUT2D eigenvalue weighted by Crippen LogP contribution is -2.29. The summed E-state index contributed by atoms with van der Waals surface area (Å²) in [6.45, 7) is 0.152. The Morgan fingerprint density at radius 1 is 0.935 bits per heavy atom. The van der Waals surface area contributed by atoms with Gasteiger partial charge in [0.1, 0.15) is 11.5 Å². The van der Waals surface area contributed by atoms with Crippen molar-refractivity contribution in [2.24, 2.45) is 0 Å². The Morgan fingerprint density at radius 3 is 2.39 bits per heavy atom. The Labute approximate surface area is 195 Å². The van der Waals surface area contributed by atoms with Crippen LogP contribution in [0.3, 0.4) is 0 Å². The molecule has 0 saturated carbocycles. The number of benzene rings is 3. The predicted octanol–water partition coefficient (Wildman–Crippen LogP) is 5.76. The number of esters is 1. The molecule has 0 amide bonds. The second-order valence-electron chi connectivity index (χ2n) is 6.88. The summed E-state index contributed by atoms with van der Waals surface area (Å²) in [5, 5.41) is 0.759. The van der Waals surface area contributed by atoms with Crippen LogP contribution >= 0.6 is 34.8 Å². The molecule has 0 aliphatic carbocycles. The zero-order valence-corrected chi connectivity index (χ0v) is 19.1. The molecular weight excluding hydrogens is 481 g/mol. The third-order valence-corrected chi connectivity index (χ3v) is 7.99. The molecule has 31 heavy (non-hydrogen) atoms. The number of rotatable bonds is 5. The van der Waals surface area contributed by atoms with Gasteiger partial charge in [-0.1, -0.05) is 59.1 Å². The van der Waals surface area contributed by atoms with Gasteiger partial charge in [-0.3, -0.25) is 4.31 Å². The minimum absolute atomic E-state index is 0.0232. The van der Waals surface area contributed by atoms with E-state index in [9.17, 15) is 13.2 Å². The Bertz CT molecular complexity index is 1260. The van der Waals surface area contributed by atoms with Crippen LogP contribution in [0.1, 0.15) is 21.5 Å². The van der Waals surface area contributed by atoms with E-state index in [1.54, 1.807) is 30.3 Å². The lowest BCUT2D eigenvalue weighted by Gasteiger charge is -2.20. The average molecular weight is 497 g/mol. The number of carbonyl (C=O) groups is 1. The first-order chi connectivity index (χ1) is 14.8. The normalized spacial score (nSPS) is 13.2. The summed E-state index contributed by atoms with van der Waals surface area (Å²) in [6, 6.07) is 16.3. The van der Waals surface area contributed by atoms with Crippen molar-refractivity contribution in [1.82, 2.24) is 0 Å². The quantitative estimate of drug-likeness (QED) is 0.422. The number of hydrogen-bond donors (Lipinski definition) is 0. The molecule has 4 rings (SSSR count). The van der Waals surface area contributed by atoms with Gasteiger partial charge >= 0.3 is 5.97 Å². The lowest BCUT2D eigenvalue weighted by atomic mass is 10.2. The van der Waals surface area contributed by atoms with Crippen LogP contribution in [0.2, 0.25) is 15.1 Å². The molecule has 1 heterocycles. The number of sulfonamides is 1. The van der Waals surface area contributed by atoms with Gasteiger partial charge in [0, 0.05) is 22.2 Å². The Balaban J connectivity index is 1.61. The van der Waals surface area contributed by atoms with Crippen LogP contribution in [0.4, 0.5) is 5.69 Å². The molecule has 0 bridgehead atoms. The number of hydrogen-bond acceptors (Lipinski definition) is 4. The highest BCUT2D eigenvalue weighted by Crippen LogP contribution is 2.35. The average Bonchev–Trinajstić information content (AvgIpc) is 3.18. The number of fused-ring (bicyclic) bond motifs is 1. The van der Waals surface area contributed by atoms with E-state index in [0.717, 1.165) is 5.56 Å². The fraction of sp³-hybridized carbons (Fsp3) is 0.136. The lowest BCUT2D eigenvalue weighted by molar-refractivity contribution is 0.0472. The van der Waals surface area contributed by atoms with Gasteiger partial charge in [0.25, 0.3) is 10.0 Å². The van der Waals surface area contributed by atoms with Crippen molar-refractivity contribution in [2.45, 2.75) is 17.9 Å². The van der Waals surface area contributed by atoms with Gasteiger partial charge in [0.2, 0.25) is 0 Å². The van der Waals surface area contributed by atoms with E-state index in [0.29, 0.717) is 34.3 Å². The maximum absolute atomic E-state index is 13.3. The van der Waals surface area contributed by atoms with Crippen molar-refractivity contribution in [1.29, 1.82) is 0 Å². The maximum Gasteiger partial charge on any atom is 0.338 e. The smallest absolute Gasteiger partial charge is 0.338 e. The third kappa shape index (κ3) is 4.26. The van der Waals surface area contributed by atoms with E-state index < -0.39 is 16.0 Å². The van der Waals surface area contributed by atoms with E-state index in [2.05, 4.69) is 0 Å². The van der Waals surface area contributed by atoms with Crippen molar-refractivity contribution < 1.29 is 17.9 Å². The first-order valence-electron chi connectivity index (χ1n) is 9.29. The first kappa shape index (κ1) is 22.0. The van der Waals surface area contributed by atoms with Crippen LogP contribution < -0.4 is 4.31 Å². The van der Waals surface area contributed by atoms with Crippen LogP contribution in [0.15, 0.2) is 65.6 Å². The van der Waals surface area contributed by atoms with E-state index in [-0.39, 0.29) is 22.1 Å². The van der Waals surface area contributed by atoms with Crippen molar-refractivity contribution in [3.05, 3.63) is 92.4 Å². The fourth-order valence-electron chi connectivity index (χ4n) is 3.40. The summed E-state index contributed by atoms with van der Waals surface area (Å²) in [5.74, 6) is -0.717. The third-order valence-electron chi connectivity index (χ3n) is 4.99. The molecule has 5 nitrogen and oxygen atoms in total. The number of carbonyl (C=O) groups excluding carboxylic acids is 1. The fourth-order valence-corrected chi connectivity index (χ4v) is 5.91. The van der Waals surface area contributed by atoms with E-state index in [4.69, 9.17) is 39.5 Å². The predicted molar refractivity (Wildman–Crippen MR) is 122 cm³/mol. The number of anilines is 1. The maximum atomic E-state index is 13.3. The van der Waals surface area contributed by atoms with Crippen LogP contribution in [0.25, 0.3) is 0 Å². The van der Waals surface area contributed by atoms with Crippen LogP contribution in [0, 0.1) is 0 Å². The molecule has 9 heteroatoms. The van der Waals surface area contributed by atoms with E-state index in [1.165, 1.54) is 22.5 Å². The van der Waals surface area contributed by atoms with Crippen molar-refractivity contribution in [2.75, 3.05) is 10.8 Å². The molecule has 1 aliphatic heterocycles. The Kier molecular flexibility index (Phi) is 6.17. The summed E-state index contributed by atoms with van der Waals surface area (Å²) >= 11 is 18.4. The summed E-state index contributed by atoms with van der Waals surface area (Å²) in [4.78, 5) is 12.4. The molecular formula is C22H16Cl3NO4S. The highest BCUT2D eigenvalue weighted by atomic mass is 35.5. The summed E-state index contributed by atoms with van der Waals surface area (Å²) in [5.41, 5.74) is 2.07. The molecule has 3 aromatic carbocycles. The number of ether oxygens (including phenoxy) is 1. The second kappa shape index (κ2) is 8.71. The van der Waals surface area contributed by atoms with Gasteiger partial charge in [-0.15, -0.1) is 0 Å². The van der Waals surface area contributed by atoms with Gasteiger partial charge in [0.05, 0.1) is 16.3 Å².